The number of hydrogen-bond acceptors (Lipinski definition) is 8. The number of ether oxygens (including phenoxy) is 1. The molecule has 1 aliphatic carbocycles. The first kappa shape index (κ1) is 33.3. The summed E-state index contributed by atoms with van der Waals surface area (Å²) in [6.45, 7) is 17.1. The fourth-order valence-corrected chi connectivity index (χ4v) is 9.69. The minimum absolute atomic E-state index is 0.0254. The number of anilines is 1. The summed E-state index contributed by atoms with van der Waals surface area (Å²) in [7, 11) is 0. The van der Waals surface area contributed by atoms with E-state index in [0.717, 1.165) is 91.4 Å². The number of nitrogens with zero attached hydrogens (tertiary/aromatic N) is 5. The molecule has 4 atom stereocenters. The van der Waals surface area contributed by atoms with Crippen molar-refractivity contribution in [1.82, 2.24) is 25.2 Å². The van der Waals surface area contributed by atoms with Gasteiger partial charge in [0.15, 0.2) is 0 Å². The summed E-state index contributed by atoms with van der Waals surface area (Å²) in [4.78, 5) is 37.3. The van der Waals surface area contributed by atoms with Crippen molar-refractivity contribution in [3.63, 3.8) is 0 Å². The average Bonchev–Trinajstić information content (AvgIpc) is 3.63. The van der Waals surface area contributed by atoms with Gasteiger partial charge in [-0.1, -0.05) is 26.0 Å². The smallest absolute Gasteiger partial charge is 0.319 e. The third kappa shape index (κ3) is 5.41. The number of hydrogen-bond donors (Lipinski definition) is 2. The molecule has 4 unspecified atom stereocenters. The molecule has 2 bridgehead atoms. The van der Waals surface area contributed by atoms with Gasteiger partial charge in [0.05, 0.1) is 28.2 Å². The van der Waals surface area contributed by atoms with E-state index in [1.165, 1.54) is 12.5 Å². The number of halogens is 1. The molecule has 9 rings (SSSR count). The van der Waals surface area contributed by atoms with Crippen LogP contribution < -0.4 is 20.5 Å². The molecule has 264 valence electrons. The number of fused-ring (bicyclic) bond motifs is 6. The molecule has 1 aromatic carbocycles. The number of nitrogens with one attached hydrogen (secondary N) is 2. The summed E-state index contributed by atoms with van der Waals surface area (Å²) in [6, 6.07) is 5.77. The number of aryl methyl sites for hydroxylation is 1. The van der Waals surface area contributed by atoms with E-state index in [1.54, 1.807) is 12.1 Å². The summed E-state index contributed by atoms with van der Waals surface area (Å²) >= 11 is 0. The van der Waals surface area contributed by atoms with Crippen LogP contribution in [0.2, 0.25) is 0 Å². The van der Waals surface area contributed by atoms with E-state index >= 15 is 4.39 Å². The minimum atomic E-state index is -0.285. The van der Waals surface area contributed by atoms with Gasteiger partial charge in [0, 0.05) is 60.4 Å². The van der Waals surface area contributed by atoms with E-state index in [4.69, 9.17) is 19.7 Å². The molecule has 0 spiro atoms. The molecule has 5 fully saturated rings. The third-order valence-electron chi connectivity index (χ3n) is 11.8. The number of piperidine rings is 2. The van der Waals surface area contributed by atoms with Crippen LogP contribution in [-0.2, 0) is 6.42 Å². The monoisotopic (exact) mass is 679 g/mol. The molecular formula is C40H50FN7O2. The zero-order chi connectivity index (χ0) is 34.9. The summed E-state index contributed by atoms with van der Waals surface area (Å²) in [5.74, 6) is 1.24. The van der Waals surface area contributed by atoms with Crippen LogP contribution in [0.3, 0.4) is 0 Å². The Morgan fingerprint density at radius 3 is 2.76 bits per heavy atom. The Bertz CT molecular complexity index is 2010. The first-order chi connectivity index (χ1) is 24.1. The molecule has 50 heavy (non-hydrogen) atoms. The van der Waals surface area contributed by atoms with Crippen molar-refractivity contribution in [3.05, 3.63) is 63.0 Å². The second-order valence-corrected chi connectivity index (χ2v) is 15.5. The Morgan fingerprint density at radius 2 is 2.06 bits per heavy atom. The minimum Gasteiger partial charge on any atom is -0.461 e. The average molecular weight is 680 g/mol. The number of pyridine rings is 1. The predicted molar refractivity (Wildman–Crippen MR) is 200 cm³/mol. The summed E-state index contributed by atoms with van der Waals surface area (Å²) in [5, 5.41) is 5.11. The molecule has 5 saturated heterocycles. The van der Waals surface area contributed by atoms with Crippen LogP contribution in [-0.4, -0.2) is 82.0 Å². The van der Waals surface area contributed by atoms with Crippen LogP contribution in [0, 0.1) is 11.7 Å². The Morgan fingerprint density at radius 1 is 1.22 bits per heavy atom. The fourth-order valence-electron chi connectivity index (χ4n) is 9.69. The molecule has 10 heteroatoms. The predicted octanol–water partition coefficient (Wildman–Crippen LogP) is 6.41. The van der Waals surface area contributed by atoms with Gasteiger partial charge in [-0.2, -0.15) is 9.97 Å². The van der Waals surface area contributed by atoms with Crippen molar-refractivity contribution in [2.75, 3.05) is 37.7 Å². The summed E-state index contributed by atoms with van der Waals surface area (Å²) in [6.07, 6.45) is 8.27. The van der Waals surface area contributed by atoms with Gasteiger partial charge >= 0.3 is 6.01 Å². The van der Waals surface area contributed by atoms with Crippen LogP contribution in [0.4, 0.5) is 10.2 Å². The van der Waals surface area contributed by atoms with E-state index < -0.39 is 0 Å². The zero-order valence-electron chi connectivity index (χ0n) is 30.3. The summed E-state index contributed by atoms with van der Waals surface area (Å²) < 4.78 is 22.2. The SMILES string of the molecule is C/C=C1\C(=NC(C)C)C(c2[nH]c(=O)cc3ccc(F)c(CC)c23)=C(C)c2nc(OCC34CCCN3CC(C)C4)nc(N3CC4CCC3CN4)c21. The van der Waals surface area contributed by atoms with Crippen molar-refractivity contribution in [2.45, 2.75) is 104 Å². The van der Waals surface area contributed by atoms with Crippen LogP contribution in [0.25, 0.3) is 27.5 Å². The number of aliphatic imine (C=N–C) groups is 1. The first-order valence-electron chi connectivity index (χ1n) is 18.7. The fraction of sp³-hybridized carbons (Fsp3) is 0.550. The molecule has 2 aromatic heterocycles. The van der Waals surface area contributed by atoms with Gasteiger partial charge < -0.3 is 19.9 Å². The number of piperazine rings is 1. The van der Waals surface area contributed by atoms with Crippen LogP contribution in [0.5, 0.6) is 6.01 Å². The maximum Gasteiger partial charge on any atom is 0.319 e. The third-order valence-corrected chi connectivity index (χ3v) is 11.8. The highest BCUT2D eigenvalue weighted by Crippen LogP contribution is 2.47. The van der Waals surface area contributed by atoms with Gasteiger partial charge in [-0.25, -0.2) is 4.39 Å². The molecule has 0 radical (unpaired) electrons. The van der Waals surface area contributed by atoms with Crippen LogP contribution in [0.15, 0.2) is 34.1 Å². The Balaban J connectivity index is 1.37. The largest absolute Gasteiger partial charge is 0.461 e. The number of aromatic amines is 1. The van der Waals surface area contributed by atoms with Crippen LogP contribution >= 0.6 is 0 Å². The number of H-pyrrole nitrogens is 1. The van der Waals surface area contributed by atoms with Crippen molar-refractivity contribution in [1.29, 1.82) is 0 Å². The topological polar surface area (TPSA) is 98.7 Å². The number of aromatic nitrogens is 3. The standard InChI is InChI=1S/C40H50FN7O2/c1-7-28-30(41)13-10-25-16-31(49)44-37(33(25)28)32-24(6)35-34(29(8-2)36(32)43-22(3)4)38(48-20-26-11-12-27(48)18-42-26)46-39(45-35)50-21-40-14-9-15-47(40)19-23(5)17-40/h8,10,13,16,22-23,26-27,42H,7,9,11-12,14-15,17-21H2,1-6H3,(H,44,49)/b29-8-,43-36?. The lowest BCUT2D eigenvalue weighted by Crippen LogP contribution is -2.61. The number of benzene rings is 1. The Kier molecular flexibility index (Phi) is 8.45. The van der Waals surface area contributed by atoms with Gasteiger partial charge in [0.1, 0.15) is 18.2 Å². The Hall–Kier alpha value is -3.89. The van der Waals surface area contributed by atoms with Crippen LogP contribution in [0.1, 0.15) is 96.2 Å². The molecule has 7 heterocycles. The molecule has 6 aliphatic rings. The van der Waals surface area contributed by atoms with Crippen molar-refractivity contribution in [2.24, 2.45) is 10.9 Å². The molecule has 9 nitrogen and oxygen atoms in total. The maximum absolute atomic E-state index is 15.5. The van der Waals surface area contributed by atoms with E-state index in [0.29, 0.717) is 59.1 Å². The van der Waals surface area contributed by atoms with Crippen molar-refractivity contribution < 1.29 is 9.13 Å². The maximum atomic E-state index is 15.5. The van der Waals surface area contributed by atoms with Crippen molar-refractivity contribution in [3.8, 4) is 6.01 Å². The molecule has 2 N–H and O–H groups in total. The first-order valence-corrected chi connectivity index (χ1v) is 18.7. The van der Waals surface area contributed by atoms with Crippen molar-refractivity contribution >= 4 is 39.0 Å². The second-order valence-electron chi connectivity index (χ2n) is 15.5. The highest BCUT2D eigenvalue weighted by Gasteiger charge is 2.48. The summed E-state index contributed by atoms with van der Waals surface area (Å²) in [5.41, 5.74) is 5.98. The van der Waals surface area contributed by atoms with Gasteiger partial charge in [-0.15, -0.1) is 0 Å². The number of rotatable bonds is 7. The highest BCUT2D eigenvalue weighted by atomic mass is 19.1. The van der Waals surface area contributed by atoms with Gasteiger partial charge in [-0.05, 0) is 101 Å². The van der Waals surface area contributed by atoms with Gasteiger partial charge in [0.25, 0.3) is 0 Å². The second kappa shape index (κ2) is 12.7. The normalized spacial score (nSPS) is 28.1. The van der Waals surface area contributed by atoms with E-state index in [1.807, 2.05) is 13.8 Å². The molecule has 5 aliphatic heterocycles. The zero-order valence-corrected chi connectivity index (χ0v) is 30.3. The van der Waals surface area contributed by atoms with Gasteiger partial charge in [0.2, 0.25) is 5.56 Å². The van der Waals surface area contributed by atoms with Gasteiger partial charge in [-0.3, -0.25) is 14.7 Å². The van der Waals surface area contributed by atoms with E-state index in [2.05, 4.69) is 53.9 Å². The molecule has 3 aromatic rings. The Labute approximate surface area is 294 Å². The lowest BCUT2D eigenvalue weighted by atomic mass is 9.80. The highest BCUT2D eigenvalue weighted by molar-refractivity contribution is 6.51. The molecular weight excluding hydrogens is 629 g/mol. The van der Waals surface area contributed by atoms with E-state index in [9.17, 15) is 4.79 Å². The quantitative estimate of drug-likeness (QED) is 0.298. The lowest BCUT2D eigenvalue weighted by molar-refractivity contribution is 0.107. The molecule has 0 saturated carbocycles. The number of allylic oxidation sites excluding steroid dienone is 4. The van der Waals surface area contributed by atoms with E-state index in [-0.39, 0.29) is 23.0 Å². The molecule has 0 amide bonds. The lowest BCUT2D eigenvalue weighted by Gasteiger charge is -2.47.